The fourth-order valence-electron chi connectivity index (χ4n) is 8.45. The van der Waals surface area contributed by atoms with E-state index in [1.54, 1.807) is 5.57 Å². The maximum atomic E-state index is 10.2. The molecule has 0 aromatic carbocycles. The van der Waals surface area contributed by atoms with Gasteiger partial charge in [0.2, 0.25) is 0 Å². The number of hydrogen-bond donors (Lipinski definition) is 1. The summed E-state index contributed by atoms with van der Waals surface area (Å²) in [4.78, 5) is 0. The van der Waals surface area contributed by atoms with Crippen LogP contribution in [0.5, 0.6) is 0 Å². The van der Waals surface area contributed by atoms with E-state index in [1.165, 1.54) is 77.0 Å². The quantitative estimate of drug-likeness (QED) is 0.412. The highest BCUT2D eigenvalue weighted by molar-refractivity contribution is 5.25. The van der Waals surface area contributed by atoms with Crippen molar-refractivity contribution in [1.82, 2.24) is 0 Å². The Labute approximate surface area is 167 Å². The van der Waals surface area contributed by atoms with Crippen molar-refractivity contribution in [2.45, 2.75) is 110 Å². The summed E-state index contributed by atoms with van der Waals surface area (Å²) in [6.45, 7) is 5.26. The van der Waals surface area contributed by atoms with Crippen LogP contribution in [0.3, 0.4) is 0 Å². The van der Waals surface area contributed by atoms with E-state index in [-0.39, 0.29) is 6.10 Å². The third-order valence-electron chi connectivity index (χ3n) is 10.4. The van der Waals surface area contributed by atoms with Crippen LogP contribution in [0, 0.1) is 40.4 Å². The molecule has 0 aliphatic heterocycles. The third-order valence-corrected chi connectivity index (χ3v) is 10.4. The van der Waals surface area contributed by atoms with Gasteiger partial charge in [-0.1, -0.05) is 57.6 Å². The van der Waals surface area contributed by atoms with Gasteiger partial charge in [0.25, 0.3) is 0 Å². The Hall–Kier alpha value is -0.300. The van der Waals surface area contributed by atoms with Crippen LogP contribution >= 0.6 is 0 Å². The molecule has 5 aliphatic rings. The largest absolute Gasteiger partial charge is 0.393 e. The molecule has 5 rings (SSSR count). The van der Waals surface area contributed by atoms with E-state index >= 15 is 0 Å². The van der Waals surface area contributed by atoms with Gasteiger partial charge in [0.1, 0.15) is 0 Å². The van der Waals surface area contributed by atoms with Gasteiger partial charge in [0.05, 0.1) is 6.10 Å². The topological polar surface area (TPSA) is 20.2 Å². The van der Waals surface area contributed by atoms with Gasteiger partial charge in [0.15, 0.2) is 0 Å². The maximum absolute atomic E-state index is 10.2. The highest BCUT2D eigenvalue weighted by Gasteiger charge is 2.58. The first-order valence-corrected chi connectivity index (χ1v) is 12.4. The second-order valence-corrected chi connectivity index (χ2v) is 11.7. The minimum Gasteiger partial charge on any atom is -0.393 e. The van der Waals surface area contributed by atoms with Gasteiger partial charge in [-0.05, 0) is 98.2 Å². The Morgan fingerprint density at radius 2 is 1.74 bits per heavy atom. The number of hydrogen-bond acceptors (Lipinski definition) is 1. The van der Waals surface area contributed by atoms with E-state index in [9.17, 15) is 5.11 Å². The van der Waals surface area contributed by atoms with Crippen LogP contribution in [0.15, 0.2) is 11.6 Å². The predicted octanol–water partition coefficient (Wildman–Crippen LogP) is 6.90. The minimum atomic E-state index is -0.0683. The summed E-state index contributed by atoms with van der Waals surface area (Å²) in [7, 11) is 0. The van der Waals surface area contributed by atoms with Crippen LogP contribution in [0.1, 0.15) is 104 Å². The third kappa shape index (κ3) is 3.15. The Bertz CT molecular complexity index is 589. The number of rotatable bonds is 5. The Morgan fingerprint density at radius 1 is 0.926 bits per heavy atom. The van der Waals surface area contributed by atoms with Gasteiger partial charge in [-0.3, -0.25) is 0 Å². The molecule has 1 N–H and O–H groups in total. The van der Waals surface area contributed by atoms with E-state index in [0.29, 0.717) is 10.8 Å². The average Bonchev–Trinajstić information content (AvgIpc) is 3.41. The molecular formula is C26H42O. The van der Waals surface area contributed by atoms with Crippen LogP contribution < -0.4 is 0 Å². The monoisotopic (exact) mass is 370 g/mol. The predicted molar refractivity (Wildman–Crippen MR) is 112 cm³/mol. The van der Waals surface area contributed by atoms with Crippen molar-refractivity contribution >= 4 is 0 Å². The van der Waals surface area contributed by atoms with Crippen LogP contribution in [0.2, 0.25) is 0 Å². The Kier molecular flexibility index (Phi) is 4.78. The molecule has 0 aromatic rings. The fraction of sp³-hybridized carbons (Fsp3) is 0.923. The van der Waals surface area contributed by atoms with Crippen molar-refractivity contribution < 1.29 is 5.11 Å². The lowest BCUT2D eigenvalue weighted by atomic mass is 9.47. The van der Waals surface area contributed by atoms with Crippen molar-refractivity contribution in [2.24, 2.45) is 40.4 Å². The lowest BCUT2D eigenvalue weighted by Crippen LogP contribution is -2.50. The normalized spacial score (nSPS) is 49.1. The standard InChI is InChI=1S/C26H42O/c1-25-16-14-24-22(11-9-20-17-21(27)13-15-26(20,24)2)23(25)12-10-19(25)6-4-3-5-18-7-8-18/h9,18-19,21-24,27H,3-8,10-17H2,1-2H3/t19-,21?,22?,23?,24?,25?,26-/m0/s1. The molecule has 27 heavy (non-hydrogen) atoms. The number of aliphatic hydroxyl groups is 1. The number of unbranched alkanes of at least 4 members (excludes halogenated alkanes) is 1. The molecule has 4 saturated carbocycles. The smallest absolute Gasteiger partial charge is 0.0577 e. The van der Waals surface area contributed by atoms with Crippen LogP contribution in [0.4, 0.5) is 0 Å². The van der Waals surface area contributed by atoms with Gasteiger partial charge < -0.3 is 5.11 Å². The Morgan fingerprint density at radius 3 is 2.56 bits per heavy atom. The van der Waals surface area contributed by atoms with E-state index in [4.69, 9.17) is 0 Å². The zero-order valence-electron chi connectivity index (χ0n) is 17.9. The molecule has 0 bridgehead atoms. The molecule has 0 amide bonds. The molecule has 1 nitrogen and oxygen atoms in total. The van der Waals surface area contributed by atoms with Gasteiger partial charge >= 0.3 is 0 Å². The molecule has 0 radical (unpaired) electrons. The second-order valence-electron chi connectivity index (χ2n) is 11.7. The molecule has 5 aliphatic carbocycles. The molecule has 0 heterocycles. The van der Waals surface area contributed by atoms with Gasteiger partial charge in [-0.15, -0.1) is 0 Å². The highest BCUT2D eigenvalue weighted by atomic mass is 16.3. The SMILES string of the molecule is CC12CCC3C(CC=C4CC(O)CC[C@@]43C)C1CC[C@@H]2CCCCC1CC1. The minimum absolute atomic E-state index is 0.0683. The summed E-state index contributed by atoms with van der Waals surface area (Å²) >= 11 is 0. The van der Waals surface area contributed by atoms with Crippen LogP contribution in [0.25, 0.3) is 0 Å². The molecular weight excluding hydrogens is 328 g/mol. The fourth-order valence-corrected chi connectivity index (χ4v) is 8.45. The molecule has 7 atom stereocenters. The van der Waals surface area contributed by atoms with Gasteiger partial charge in [-0.25, -0.2) is 0 Å². The number of aliphatic hydroxyl groups excluding tert-OH is 1. The first-order valence-electron chi connectivity index (χ1n) is 12.4. The van der Waals surface area contributed by atoms with Crippen molar-refractivity contribution in [2.75, 3.05) is 0 Å². The maximum Gasteiger partial charge on any atom is 0.0577 e. The molecule has 0 aromatic heterocycles. The Balaban J connectivity index is 1.28. The molecule has 152 valence electrons. The van der Waals surface area contributed by atoms with E-state index < -0.39 is 0 Å². The lowest BCUT2D eigenvalue weighted by Gasteiger charge is -2.58. The molecule has 1 heteroatoms. The lowest BCUT2D eigenvalue weighted by molar-refractivity contribution is -0.0508. The highest BCUT2D eigenvalue weighted by Crippen LogP contribution is 2.66. The first-order chi connectivity index (χ1) is 13.0. The number of fused-ring (bicyclic) bond motifs is 5. The zero-order valence-corrected chi connectivity index (χ0v) is 17.9. The molecule has 4 fully saturated rings. The average molecular weight is 371 g/mol. The summed E-state index contributed by atoms with van der Waals surface area (Å²) in [6.07, 6.45) is 22.1. The van der Waals surface area contributed by atoms with Crippen molar-refractivity contribution in [3.05, 3.63) is 11.6 Å². The summed E-state index contributed by atoms with van der Waals surface area (Å²) in [5.74, 6) is 4.94. The van der Waals surface area contributed by atoms with E-state index in [2.05, 4.69) is 19.9 Å². The van der Waals surface area contributed by atoms with Crippen molar-refractivity contribution in [3.8, 4) is 0 Å². The summed E-state index contributed by atoms with van der Waals surface area (Å²) in [5, 5.41) is 10.2. The summed E-state index contributed by atoms with van der Waals surface area (Å²) in [6, 6.07) is 0. The van der Waals surface area contributed by atoms with Crippen LogP contribution in [-0.2, 0) is 0 Å². The van der Waals surface area contributed by atoms with Gasteiger partial charge in [0, 0.05) is 0 Å². The summed E-state index contributed by atoms with van der Waals surface area (Å²) in [5.41, 5.74) is 2.67. The van der Waals surface area contributed by atoms with Crippen molar-refractivity contribution in [3.63, 3.8) is 0 Å². The number of allylic oxidation sites excluding steroid dienone is 1. The van der Waals surface area contributed by atoms with Crippen molar-refractivity contribution in [1.29, 1.82) is 0 Å². The summed E-state index contributed by atoms with van der Waals surface area (Å²) < 4.78 is 0. The van der Waals surface area contributed by atoms with E-state index in [1.807, 2.05) is 0 Å². The van der Waals surface area contributed by atoms with Crippen LogP contribution in [-0.4, -0.2) is 11.2 Å². The van der Waals surface area contributed by atoms with Gasteiger partial charge in [-0.2, -0.15) is 0 Å². The molecule has 0 spiro atoms. The second kappa shape index (κ2) is 6.89. The molecule has 5 unspecified atom stereocenters. The molecule has 0 saturated heterocycles. The van der Waals surface area contributed by atoms with E-state index in [0.717, 1.165) is 42.4 Å². The zero-order chi connectivity index (χ0) is 18.6. The first kappa shape index (κ1) is 18.7.